The van der Waals surface area contributed by atoms with E-state index in [1.54, 1.807) is 0 Å². The average Bonchev–Trinajstić information content (AvgIpc) is 2.67. The Morgan fingerprint density at radius 1 is 1.08 bits per heavy atom. The van der Waals surface area contributed by atoms with E-state index >= 15 is 0 Å². The molecule has 1 fully saturated rings. The zero-order chi connectivity index (χ0) is 18.8. The van der Waals surface area contributed by atoms with Crippen LogP contribution in [-0.4, -0.2) is 19.4 Å². The molecule has 0 atom stereocenters. The molecule has 140 valence electrons. The Bertz CT molecular complexity index is 392. The number of benzene rings is 1. The molecule has 1 N–H and O–H groups in total. The second kappa shape index (κ2) is 18.2. The molecule has 1 saturated heterocycles. The summed E-state index contributed by atoms with van der Waals surface area (Å²) in [5.41, 5.74) is 3.61. The minimum absolute atomic E-state index is 0.976. The highest BCUT2D eigenvalue weighted by atomic mass is 16.5. The van der Waals surface area contributed by atoms with Gasteiger partial charge in [-0.25, -0.2) is 0 Å². The van der Waals surface area contributed by atoms with Crippen molar-refractivity contribution in [3.63, 3.8) is 0 Å². The summed E-state index contributed by atoms with van der Waals surface area (Å²) < 4.78 is 5.25. The van der Waals surface area contributed by atoms with Gasteiger partial charge in [0.1, 0.15) is 0 Å². The number of hydrogen-bond acceptors (Lipinski definition) is 2. The topological polar surface area (TPSA) is 33.1 Å². The van der Waals surface area contributed by atoms with Crippen LogP contribution < -0.4 is 0 Å². The lowest BCUT2D eigenvalue weighted by Crippen LogP contribution is -2.14. The van der Waals surface area contributed by atoms with Crippen molar-refractivity contribution in [2.24, 2.45) is 5.92 Å². The molecule has 0 unspecified atom stereocenters. The van der Waals surface area contributed by atoms with Gasteiger partial charge in [-0.3, -0.25) is 0 Å². The molecule has 2 heteroatoms. The van der Waals surface area contributed by atoms with Crippen LogP contribution in [0.1, 0.15) is 83.9 Å². The van der Waals surface area contributed by atoms with Gasteiger partial charge >= 0.3 is 0 Å². The molecule has 0 spiro atoms. The third kappa shape index (κ3) is 10.6. The third-order valence-electron chi connectivity index (χ3n) is 4.06. The van der Waals surface area contributed by atoms with E-state index in [1.165, 1.54) is 43.0 Å². The maximum Gasteiger partial charge on any atom is 0.0468 e. The standard InChI is InChI=1S/C10H13N.C8H16O.2C2H6/c1-3-9-5-4-6-10(7-11)8(9)2;1-2-3-8-4-6-9-7-5-8;2*1-2/h4-7,11H,3H2,1-2H3;8H,2-7H2,1H3;2*1-2H3. The van der Waals surface area contributed by atoms with Gasteiger partial charge in [0.25, 0.3) is 0 Å². The number of aryl methyl sites for hydroxylation is 1. The highest BCUT2D eigenvalue weighted by Gasteiger charge is 2.11. The molecular weight excluding hydrogens is 294 g/mol. The third-order valence-corrected chi connectivity index (χ3v) is 4.06. The zero-order valence-corrected chi connectivity index (χ0v) is 17.2. The molecule has 0 saturated carbocycles. The van der Waals surface area contributed by atoms with Crippen LogP contribution in [0.25, 0.3) is 0 Å². The van der Waals surface area contributed by atoms with Gasteiger partial charge in [0.2, 0.25) is 0 Å². The molecule has 0 aromatic heterocycles. The molecule has 0 radical (unpaired) electrons. The van der Waals surface area contributed by atoms with Crippen LogP contribution in [0.2, 0.25) is 0 Å². The van der Waals surface area contributed by atoms with Gasteiger partial charge in [0.05, 0.1) is 0 Å². The summed E-state index contributed by atoms with van der Waals surface area (Å²) in [7, 11) is 0. The van der Waals surface area contributed by atoms with Crippen molar-refractivity contribution >= 4 is 6.21 Å². The lowest BCUT2D eigenvalue weighted by Gasteiger charge is -2.20. The van der Waals surface area contributed by atoms with Gasteiger partial charge in [-0.1, -0.05) is 72.6 Å². The predicted molar refractivity (Wildman–Crippen MR) is 110 cm³/mol. The monoisotopic (exact) mass is 335 g/mol. The van der Waals surface area contributed by atoms with Crippen molar-refractivity contribution in [3.05, 3.63) is 34.9 Å². The molecule has 1 aliphatic heterocycles. The largest absolute Gasteiger partial charge is 0.381 e. The fraction of sp³-hybridized carbons (Fsp3) is 0.682. The van der Waals surface area contributed by atoms with Gasteiger partial charge in [-0.15, -0.1) is 0 Å². The smallest absolute Gasteiger partial charge is 0.0468 e. The predicted octanol–water partition coefficient (Wildman–Crippen LogP) is 6.82. The SMILES string of the molecule is CC.CC.CCCC1CCOCC1.CCc1cccc(C=N)c1C. The molecule has 24 heavy (non-hydrogen) atoms. The first-order chi connectivity index (χ1) is 11.7. The van der Waals surface area contributed by atoms with E-state index in [0.29, 0.717) is 0 Å². The fourth-order valence-electron chi connectivity index (χ4n) is 2.69. The van der Waals surface area contributed by atoms with Crippen molar-refractivity contribution in [1.82, 2.24) is 0 Å². The number of hydrogen-bond donors (Lipinski definition) is 1. The zero-order valence-electron chi connectivity index (χ0n) is 17.2. The van der Waals surface area contributed by atoms with Crippen molar-refractivity contribution in [3.8, 4) is 0 Å². The van der Waals surface area contributed by atoms with E-state index in [1.807, 2.05) is 39.8 Å². The van der Waals surface area contributed by atoms with Gasteiger partial charge in [0, 0.05) is 19.4 Å². The quantitative estimate of drug-likeness (QED) is 0.602. The molecule has 1 heterocycles. The fourth-order valence-corrected chi connectivity index (χ4v) is 2.69. The first kappa shape index (κ1) is 25.1. The van der Waals surface area contributed by atoms with Crippen LogP contribution in [0.5, 0.6) is 0 Å². The first-order valence-electron chi connectivity index (χ1n) is 9.89. The Morgan fingerprint density at radius 3 is 2.12 bits per heavy atom. The van der Waals surface area contributed by atoms with Crippen molar-refractivity contribution in [2.45, 2.75) is 80.6 Å². The Labute approximate surface area is 151 Å². The van der Waals surface area contributed by atoms with E-state index in [-0.39, 0.29) is 0 Å². The molecule has 0 aliphatic carbocycles. The van der Waals surface area contributed by atoms with E-state index in [2.05, 4.69) is 26.8 Å². The van der Waals surface area contributed by atoms with Gasteiger partial charge in [-0.2, -0.15) is 0 Å². The summed E-state index contributed by atoms with van der Waals surface area (Å²) in [5, 5.41) is 7.13. The van der Waals surface area contributed by atoms with E-state index in [0.717, 1.165) is 31.1 Å². The Morgan fingerprint density at radius 2 is 1.67 bits per heavy atom. The highest BCUT2D eigenvalue weighted by Crippen LogP contribution is 2.19. The van der Waals surface area contributed by atoms with Crippen molar-refractivity contribution in [1.29, 1.82) is 5.41 Å². The van der Waals surface area contributed by atoms with Crippen molar-refractivity contribution < 1.29 is 4.74 Å². The minimum atomic E-state index is 0.976. The molecule has 1 aromatic carbocycles. The van der Waals surface area contributed by atoms with E-state index in [9.17, 15) is 0 Å². The average molecular weight is 336 g/mol. The normalized spacial score (nSPS) is 13.3. The summed E-state index contributed by atoms with van der Waals surface area (Å²) in [6.07, 6.45) is 7.80. The van der Waals surface area contributed by atoms with Crippen LogP contribution in [0.4, 0.5) is 0 Å². The number of ether oxygens (including phenoxy) is 1. The Balaban J connectivity index is 0. The van der Waals surface area contributed by atoms with Crippen molar-refractivity contribution in [2.75, 3.05) is 13.2 Å². The molecule has 0 bridgehead atoms. The van der Waals surface area contributed by atoms with Crippen LogP contribution in [0, 0.1) is 18.3 Å². The molecule has 1 aromatic rings. The van der Waals surface area contributed by atoms with Crippen LogP contribution in [-0.2, 0) is 11.2 Å². The molecule has 2 rings (SSSR count). The lowest BCUT2D eigenvalue weighted by molar-refractivity contribution is 0.0637. The van der Waals surface area contributed by atoms with Crippen LogP contribution >= 0.6 is 0 Å². The summed E-state index contributed by atoms with van der Waals surface area (Å²) in [5.74, 6) is 0.976. The number of rotatable bonds is 4. The van der Waals surface area contributed by atoms with Crippen LogP contribution in [0.3, 0.4) is 0 Å². The maximum absolute atomic E-state index is 7.13. The maximum atomic E-state index is 7.13. The Hall–Kier alpha value is -1.15. The summed E-state index contributed by atoms with van der Waals surface area (Å²) in [4.78, 5) is 0. The molecular formula is C22H41NO. The van der Waals surface area contributed by atoms with Gasteiger partial charge < -0.3 is 10.1 Å². The highest BCUT2D eigenvalue weighted by molar-refractivity contribution is 5.79. The second-order valence-electron chi connectivity index (χ2n) is 5.47. The van der Waals surface area contributed by atoms with Crippen LogP contribution in [0.15, 0.2) is 18.2 Å². The first-order valence-corrected chi connectivity index (χ1v) is 9.89. The summed E-state index contributed by atoms with van der Waals surface area (Å²) in [6, 6.07) is 6.09. The number of nitrogens with one attached hydrogen (secondary N) is 1. The summed E-state index contributed by atoms with van der Waals surface area (Å²) >= 11 is 0. The second-order valence-corrected chi connectivity index (χ2v) is 5.47. The lowest BCUT2D eigenvalue weighted by atomic mass is 9.95. The van der Waals surface area contributed by atoms with Gasteiger partial charge in [0.15, 0.2) is 0 Å². The summed E-state index contributed by atoms with van der Waals surface area (Å²) in [6.45, 7) is 16.5. The molecule has 0 amide bonds. The molecule has 1 aliphatic rings. The van der Waals surface area contributed by atoms with E-state index in [4.69, 9.17) is 10.1 Å². The minimum Gasteiger partial charge on any atom is -0.381 e. The van der Waals surface area contributed by atoms with Gasteiger partial charge in [-0.05, 0) is 48.8 Å². The molecule has 2 nitrogen and oxygen atoms in total. The Kier molecular flexibility index (Phi) is 19.0. The van der Waals surface area contributed by atoms with E-state index < -0.39 is 0 Å².